The molecule has 5 heteroatoms. The molecular formula is C20H15FN4. The lowest BCUT2D eigenvalue weighted by Crippen LogP contribution is -1.96. The van der Waals surface area contributed by atoms with E-state index in [1.165, 1.54) is 0 Å². The van der Waals surface area contributed by atoms with Crippen LogP contribution >= 0.6 is 0 Å². The molecule has 0 aliphatic carbocycles. The molecule has 0 aliphatic heterocycles. The third-order valence-electron chi connectivity index (χ3n) is 3.92. The van der Waals surface area contributed by atoms with Gasteiger partial charge in [0.1, 0.15) is 6.67 Å². The number of pyridine rings is 3. The normalized spacial score (nSPS) is 10.8. The number of nitrogens with one attached hydrogen (secondary N) is 1. The second kappa shape index (κ2) is 6.65. The molecule has 4 rings (SSSR count). The van der Waals surface area contributed by atoms with E-state index in [9.17, 15) is 4.39 Å². The summed E-state index contributed by atoms with van der Waals surface area (Å²) in [7, 11) is 0. The maximum atomic E-state index is 13.0. The van der Waals surface area contributed by atoms with Crippen molar-refractivity contribution in [1.29, 1.82) is 0 Å². The van der Waals surface area contributed by atoms with E-state index in [0.717, 1.165) is 28.0 Å². The van der Waals surface area contributed by atoms with E-state index in [1.807, 2.05) is 48.5 Å². The van der Waals surface area contributed by atoms with Crippen molar-refractivity contribution in [3.05, 3.63) is 78.8 Å². The average molecular weight is 330 g/mol. The van der Waals surface area contributed by atoms with Crippen LogP contribution in [0.3, 0.4) is 0 Å². The van der Waals surface area contributed by atoms with Gasteiger partial charge in [0.15, 0.2) is 5.65 Å². The standard InChI is InChI=1S/C20H15FN4/c21-13-14-3-1-4-15(11-14)18-12-19(24-16-6-9-22-10-7-16)17-5-2-8-23-20(17)25-18/h1-12H,13H2,(H,22,23,24,25). The van der Waals surface area contributed by atoms with Crippen LogP contribution < -0.4 is 5.32 Å². The molecule has 0 aliphatic rings. The van der Waals surface area contributed by atoms with Gasteiger partial charge in [0.05, 0.1) is 11.4 Å². The van der Waals surface area contributed by atoms with E-state index < -0.39 is 6.67 Å². The summed E-state index contributed by atoms with van der Waals surface area (Å²) in [4.78, 5) is 13.0. The number of nitrogens with zero attached hydrogens (tertiary/aromatic N) is 3. The second-order valence-electron chi connectivity index (χ2n) is 5.62. The lowest BCUT2D eigenvalue weighted by molar-refractivity contribution is 0.485. The predicted octanol–water partition coefficient (Wildman–Crippen LogP) is 4.90. The van der Waals surface area contributed by atoms with Crippen molar-refractivity contribution in [1.82, 2.24) is 15.0 Å². The van der Waals surface area contributed by atoms with Crippen LogP contribution in [0.25, 0.3) is 22.3 Å². The largest absolute Gasteiger partial charge is 0.355 e. The molecule has 25 heavy (non-hydrogen) atoms. The summed E-state index contributed by atoms with van der Waals surface area (Å²) in [6.07, 6.45) is 5.18. The molecule has 0 saturated carbocycles. The molecule has 0 radical (unpaired) electrons. The first-order chi connectivity index (χ1) is 12.3. The Morgan fingerprint density at radius 1 is 0.920 bits per heavy atom. The van der Waals surface area contributed by atoms with Gasteiger partial charge in [-0.05, 0) is 42.0 Å². The van der Waals surface area contributed by atoms with Crippen LogP contribution in [0.15, 0.2) is 73.2 Å². The molecule has 0 fully saturated rings. The van der Waals surface area contributed by atoms with Gasteiger partial charge in [-0.3, -0.25) is 4.98 Å². The summed E-state index contributed by atoms with van der Waals surface area (Å²) in [6, 6.07) is 16.9. The fourth-order valence-corrected chi connectivity index (χ4v) is 2.71. The van der Waals surface area contributed by atoms with Gasteiger partial charge in [0.25, 0.3) is 0 Å². The summed E-state index contributed by atoms with van der Waals surface area (Å²) in [5, 5.41) is 4.31. The van der Waals surface area contributed by atoms with Gasteiger partial charge in [-0.1, -0.05) is 18.2 Å². The van der Waals surface area contributed by atoms with Crippen LogP contribution in [0.1, 0.15) is 5.56 Å². The number of aromatic nitrogens is 3. The highest BCUT2D eigenvalue weighted by Gasteiger charge is 2.09. The van der Waals surface area contributed by atoms with Crippen LogP contribution in [0.2, 0.25) is 0 Å². The highest BCUT2D eigenvalue weighted by molar-refractivity contribution is 5.93. The van der Waals surface area contributed by atoms with Gasteiger partial charge in [0, 0.05) is 35.2 Å². The van der Waals surface area contributed by atoms with E-state index in [0.29, 0.717) is 11.2 Å². The Labute approximate surface area is 144 Å². The van der Waals surface area contributed by atoms with E-state index in [4.69, 9.17) is 0 Å². The second-order valence-corrected chi connectivity index (χ2v) is 5.62. The van der Waals surface area contributed by atoms with Crippen molar-refractivity contribution in [2.24, 2.45) is 0 Å². The fourth-order valence-electron chi connectivity index (χ4n) is 2.71. The molecule has 0 atom stereocenters. The number of benzene rings is 1. The van der Waals surface area contributed by atoms with Crippen molar-refractivity contribution < 1.29 is 4.39 Å². The Balaban J connectivity index is 1.86. The SMILES string of the molecule is FCc1cccc(-c2cc(Nc3ccncc3)c3cccnc3n2)c1. The topological polar surface area (TPSA) is 50.7 Å². The number of alkyl halides is 1. The van der Waals surface area contributed by atoms with Crippen molar-refractivity contribution in [3.63, 3.8) is 0 Å². The van der Waals surface area contributed by atoms with E-state index in [-0.39, 0.29) is 0 Å². The van der Waals surface area contributed by atoms with E-state index >= 15 is 0 Å². The van der Waals surface area contributed by atoms with E-state index in [1.54, 1.807) is 24.7 Å². The van der Waals surface area contributed by atoms with Crippen LogP contribution in [-0.4, -0.2) is 15.0 Å². The molecule has 0 amide bonds. The Bertz CT molecular complexity index is 1020. The Kier molecular flexibility index (Phi) is 4.04. The molecule has 4 nitrogen and oxygen atoms in total. The number of anilines is 2. The molecule has 4 aromatic rings. The highest BCUT2D eigenvalue weighted by atomic mass is 19.1. The Hall–Kier alpha value is -3.34. The summed E-state index contributed by atoms with van der Waals surface area (Å²) in [5.74, 6) is 0. The third kappa shape index (κ3) is 3.17. The molecule has 0 spiro atoms. The summed E-state index contributed by atoms with van der Waals surface area (Å²) in [5.41, 5.74) is 4.70. The first kappa shape index (κ1) is 15.2. The zero-order valence-corrected chi connectivity index (χ0v) is 13.4. The van der Waals surface area contributed by atoms with Gasteiger partial charge in [-0.2, -0.15) is 0 Å². The van der Waals surface area contributed by atoms with Crippen molar-refractivity contribution in [3.8, 4) is 11.3 Å². The first-order valence-electron chi connectivity index (χ1n) is 7.91. The summed E-state index contributed by atoms with van der Waals surface area (Å²) < 4.78 is 13.0. The molecule has 0 saturated heterocycles. The fraction of sp³-hybridized carbons (Fsp3) is 0.0500. The molecule has 3 heterocycles. The highest BCUT2D eigenvalue weighted by Crippen LogP contribution is 2.29. The average Bonchev–Trinajstić information content (AvgIpc) is 2.69. The quantitative estimate of drug-likeness (QED) is 0.578. The van der Waals surface area contributed by atoms with E-state index in [2.05, 4.69) is 20.3 Å². The zero-order valence-electron chi connectivity index (χ0n) is 13.4. The Morgan fingerprint density at radius 2 is 1.80 bits per heavy atom. The molecule has 1 N–H and O–H groups in total. The minimum absolute atomic E-state index is 0.498. The summed E-state index contributed by atoms with van der Waals surface area (Å²) >= 11 is 0. The van der Waals surface area contributed by atoms with Crippen molar-refractivity contribution in [2.45, 2.75) is 6.67 Å². The monoisotopic (exact) mass is 330 g/mol. The van der Waals surface area contributed by atoms with Gasteiger partial charge in [0.2, 0.25) is 0 Å². The third-order valence-corrected chi connectivity index (χ3v) is 3.92. The minimum atomic E-state index is -0.498. The maximum Gasteiger partial charge on any atom is 0.161 e. The smallest absolute Gasteiger partial charge is 0.161 e. The maximum absolute atomic E-state index is 13.0. The number of hydrogen-bond donors (Lipinski definition) is 1. The molecule has 122 valence electrons. The minimum Gasteiger partial charge on any atom is -0.355 e. The Morgan fingerprint density at radius 3 is 2.64 bits per heavy atom. The lowest BCUT2D eigenvalue weighted by atomic mass is 10.1. The van der Waals surface area contributed by atoms with Gasteiger partial charge in [-0.15, -0.1) is 0 Å². The molecular weight excluding hydrogens is 315 g/mol. The lowest BCUT2D eigenvalue weighted by Gasteiger charge is -2.12. The number of rotatable bonds is 4. The molecule has 0 unspecified atom stereocenters. The van der Waals surface area contributed by atoms with Crippen LogP contribution in [0, 0.1) is 0 Å². The number of halogens is 1. The van der Waals surface area contributed by atoms with Gasteiger partial charge < -0.3 is 5.32 Å². The van der Waals surface area contributed by atoms with Crippen molar-refractivity contribution >= 4 is 22.4 Å². The van der Waals surface area contributed by atoms with Gasteiger partial charge in [-0.25, -0.2) is 14.4 Å². The van der Waals surface area contributed by atoms with Crippen LogP contribution in [0.5, 0.6) is 0 Å². The van der Waals surface area contributed by atoms with Crippen molar-refractivity contribution in [2.75, 3.05) is 5.32 Å². The molecule has 3 aromatic heterocycles. The number of hydrogen-bond acceptors (Lipinski definition) is 4. The van der Waals surface area contributed by atoms with Gasteiger partial charge >= 0.3 is 0 Å². The van der Waals surface area contributed by atoms with Crippen LogP contribution in [0.4, 0.5) is 15.8 Å². The molecule has 0 bridgehead atoms. The zero-order chi connectivity index (χ0) is 17.1. The number of fused-ring (bicyclic) bond motifs is 1. The molecule has 1 aromatic carbocycles. The predicted molar refractivity (Wildman–Crippen MR) is 97.3 cm³/mol. The summed E-state index contributed by atoms with van der Waals surface area (Å²) in [6.45, 7) is -0.498. The van der Waals surface area contributed by atoms with Crippen LogP contribution in [-0.2, 0) is 6.67 Å². The first-order valence-corrected chi connectivity index (χ1v) is 7.91.